The molecular formula is C20H15ClO2. The number of aldehydes is 1. The maximum Gasteiger partial charge on any atom is 0.153 e. The van der Waals surface area contributed by atoms with Gasteiger partial charge in [0, 0.05) is 5.02 Å². The third-order valence-corrected chi connectivity index (χ3v) is 3.80. The van der Waals surface area contributed by atoms with E-state index < -0.39 is 0 Å². The highest BCUT2D eigenvalue weighted by molar-refractivity contribution is 6.30. The Balaban J connectivity index is 1.82. The number of carbonyl (C=O) groups is 1. The third kappa shape index (κ3) is 3.79. The molecule has 0 saturated carbocycles. The van der Waals surface area contributed by atoms with Crippen LogP contribution >= 0.6 is 11.6 Å². The zero-order chi connectivity index (χ0) is 16.1. The molecule has 2 nitrogen and oxygen atoms in total. The SMILES string of the molecule is O=Cc1cc(-c2ccc(Cl)cc2)ccc1OCc1ccccc1. The van der Waals surface area contributed by atoms with Crippen LogP contribution in [-0.4, -0.2) is 6.29 Å². The van der Waals surface area contributed by atoms with Gasteiger partial charge in [-0.3, -0.25) is 4.79 Å². The number of halogens is 1. The van der Waals surface area contributed by atoms with Gasteiger partial charge < -0.3 is 4.74 Å². The van der Waals surface area contributed by atoms with Crippen molar-refractivity contribution in [3.8, 4) is 16.9 Å². The summed E-state index contributed by atoms with van der Waals surface area (Å²) < 4.78 is 5.77. The second-order valence-electron chi connectivity index (χ2n) is 5.15. The summed E-state index contributed by atoms with van der Waals surface area (Å²) in [6, 6.07) is 23.0. The van der Waals surface area contributed by atoms with E-state index >= 15 is 0 Å². The molecule has 0 amide bonds. The van der Waals surface area contributed by atoms with Crippen molar-refractivity contribution >= 4 is 17.9 Å². The molecule has 0 spiro atoms. The van der Waals surface area contributed by atoms with Crippen molar-refractivity contribution in [1.82, 2.24) is 0 Å². The molecule has 0 aliphatic carbocycles. The third-order valence-electron chi connectivity index (χ3n) is 3.55. The maximum atomic E-state index is 11.4. The molecular weight excluding hydrogens is 308 g/mol. The molecule has 0 atom stereocenters. The highest BCUT2D eigenvalue weighted by Gasteiger charge is 2.07. The average molecular weight is 323 g/mol. The Morgan fingerprint density at radius 1 is 0.870 bits per heavy atom. The standard InChI is InChI=1S/C20H15ClO2/c21-19-9-6-16(7-10-19)17-8-11-20(18(12-17)13-22)23-14-15-4-2-1-3-5-15/h1-13H,14H2. The van der Waals surface area contributed by atoms with Crippen LogP contribution < -0.4 is 4.74 Å². The van der Waals surface area contributed by atoms with Crippen molar-refractivity contribution in [3.05, 3.63) is 88.9 Å². The van der Waals surface area contributed by atoms with Gasteiger partial charge in [0.15, 0.2) is 6.29 Å². The highest BCUT2D eigenvalue weighted by Crippen LogP contribution is 2.27. The lowest BCUT2D eigenvalue weighted by Gasteiger charge is -2.10. The number of carbonyl (C=O) groups excluding carboxylic acids is 1. The average Bonchev–Trinajstić information content (AvgIpc) is 2.61. The molecule has 0 unspecified atom stereocenters. The first-order chi connectivity index (χ1) is 11.3. The summed E-state index contributed by atoms with van der Waals surface area (Å²) in [4.78, 5) is 11.4. The van der Waals surface area contributed by atoms with Crippen LogP contribution in [0.4, 0.5) is 0 Å². The van der Waals surface area contributed by atoms with Crippen LogP contribution in [0.25, 0.3) is 11.1 Å². The van der Waals surface area contributed by atoms with Gasteiger partial charge in [-0.05, 0) is 41.0 Å². The molecule has 0 N–H and O–H groups in total. The number of hydrogen-bond acceptors (Lipinski definition) is 2. The zero-order valence-electron chi connectivity index (χ0n) is 12.4. The molecule has 0 radical (unpaired) electrons. The van der Waals surface area contributed by atoms with Gasteiger partial charge in [0.1, 0.15) is 12.4 Å². The maximum absolute atomic E-state index is 11.4. The number of ether oxygens (including phenoxy) is 1. The largest absolute Gasteiger partial charge is 0.488 e. The quantitative estimate of drug-likeness (QED) is 0.588. The van der Waals surface area contributed by atoms with Crippen molar-refractivity contribution in [2.24, 2.45) is 0 Å². The number of hydrogen-bond donors (Lipinski definition) is 0. The fourth-order valence-corrected chi connectivity index (χ4v) is 2.46. The fourth-order valence-electron chi connectivity index (χ4n) is 2.33. The molecule has 3 aromatic rings. The van der Waals surface area contributed by atoms with Gasteiger partial charge in [0.05, 0.1) is 5.56 Å². The molecule has 0 aliphatic heterocycles. The summed E-state index contributed by atoms with van der Waals surface area (Å²) in [6.45, 7) is 0.433. The Morgan fingerprint density at radius 2 is 1.57 bits per heavy atom. The second-order valence-corrected chi connectivity index (χ2v) is 5.59. The molecule has 0 bridgehead atoms. The first-order valence-electron chi connectivity index (χ1n) is 7.28. The Morgan fingerprint density at radius 3 is 2.26 bits per heavy atom. The summed E-state index contributed by atoms with van der Waals surface area (Å²) in [6.07, 6.45) is 0.819. The van der Waals surface area contributed by atoms with Crippen molar-refractivity contribution in [2.45, 2.75) is 6.61 Å². The van der Waals surface area contributed by atoms with E-state index in [4.69, 9.17) is 16.3 Å². The summed E-state index contributed by atoms with van der Waals surface area (Å²) in [5, 5.41) is 0.687. The molecule has 3 aromatic carbocycles. The summed E-state index contributed by atoms with van der Waals surface area (Å²) in [7, 11) is 0. The van der Waals surface area contributed by atoms with E-state index in [1.165, 1.54) is 0 Å². The fraction of sp³-hybridized carbons (Fsp3) is 0.0500. The lowest BCUT2D eigenvalue weighted by molar-refractivity contribution is 0.111. The molecule has 0 heterocycles. The Hall–Kier alpha value is -2.58. The predicted octanol–water partition coefficient (Wildman–Crippen LogP) is 5.40. The van der Waals surface area contributed by atoms with E-state index in [1.54, 1.807) is 0 Å². The van der Waals surface area contributed by atoms with E-state index in [1.807, 2.05) is 72.8 Å². The molecule has 3 rings (SSSR count). The minimum absolute atomic E-state index is 0.433. The van der Waals surface area contributed by atoms with Gasteiger partial charge in [-0.15, -0.1) is 0 Å². The van der Waals surface area contributed by atoms with E-state index in [0.29, 0.717) is 22.9 Å². The molecule has 0 fully saturated rings. The predicted molar refractivity (Wildman–Crippen MR) is 93.0 cm³/mol. The lowest BCUT2D eigenvalue weighted by atomic mass is 10.0. The van der Waals surface area contributed by atoms with Crippen molar-refractivity contribution in [3.63, 3.8) is 0 Å². The minimum Gasteiger partial charge on any atom is -0.488 e. The van der Waals surface area contributed by atoms with E-state index in [0.717, 1.165) is 23.0 Å². The Kier molecular flexibility index (Phi) is 4.74. The number of benzene rings is 3. The molecule has 23 heavy (non-hydrogen) atoms. The summed E-state index contributed by atoms with van der Waals surface area (Å²) in [5.74, 6) is 0.585. The summed E-state index contributed by atoms with van der Waals surface area (Å²) >= 11 is 5.91. The van der Waals surface area contributed by atoms with Crippen LogP contribution in [0.15, 0.2) is 72.8 Å². The minimum atomic E-state index is 0.433. The highest BCUT2D eigenvalue weighted by atomic mass is 35.5. The van der Waals surface area contributed by atoms with Crippen LogP contribution in [0, 0.1) is 0 Å². The van der Waals surface area contributed by atoms with Crippen LogP contribution in [-0.2, 0) is 6.61 Å². The number of rotatable bonds is 5. The first kappa shape index (κ1) is 15.3. The summed E-state index contributed by atoms with van der Waals surface area (Å²) in [5.41, 5.74) is 3.56. The molecule has 0 aromatic heterocycles. The molecule has 0 aliphatic rings. The van der Waals surface area contributed by atoms with Crippen molar-refractivity contribution < 1.29 is 9.53 Å². The van der Waals surface area contributed by atoms with Gasteiger partial charge >= 0.3 is 0 Å². The zero-order valence-corrected chi connectivity index (χ0v) is 13.2. The lowest BCUT2D eigenvalue weighted by Crippen LogP contribution is -1.98. The van der Waals surface area contributed by atoms with Crippen LogP contribution in [0.1, 0.15) is 15.9 Å². The topological polar surface area (TPSA) is 26.3 Å². The van der Waals surface area contributed by atoms with Gasteiger partial charge in [-0.25, -0.2) is 0 Å². The first-order valence-corrected chi connectivity index (χ1v) is 7.66. The Bertz CT molecular complexity index is 796. The van der Waals surface area contributed by atoms with Gasteiger partial charge in [0.25, 0.3) is 0 Å². The van der Waals surface area contributed by atoms with Crippen LogP contribution in [0.5, 0.6) is 5.75 Å². The van der Waals surface area contributed by atoms with Gasteiger partial charge in [-0.2, -0.15) is 0 Å². The van der Waals surface area contributed by atoms with E-state index in [9.17, 15) is 4.79 Å². The Labute approximate surface area is 140 Å². The molecule has 0 saturated heterocycles. The van der Waals surface area contributed by atoms with Gasteiger partial charge in [-0.1, -0.05) is 60.1 Å². The van der Waals surface area contributed by atoms with E-state index in [2.05, 4.69) is 0 Å². The van der Waals surface area contributed by atoms with Crippen molar-refractivity contribution in [2.75, 3.05) is 0 Å². The van der Waals surface area contributed by atoms with Crippen LogP contribution in [0.3, 0.4) is 0 Å². The normalized spacial score (nSPS) is 10.3. The smallest absolute Gasteiger partial charge is 0.153 e. The van der Waals surface area contributed by atoms with Crippen LogP contribution in [0.2, 0.25) is 5.02 Å². The van der Waals surface area contributed by atoms with Crippen molar-refractivity contribution in [1.29, 1.82) is 0 Å². The molecule has 114 valence electrons. The monoisotopic (exact) mass is 322 g/mol. The van der Waals surface area contributed by atoms with E-state index in [-0.39, 0.29) is 0 Å². The second kappa shape index (κ2) is 7.12. The molecule has 3 heteroatoms. The van der Waals surface area contributed by atoms with Gasteiger partial charge in [0.2, 0.25) is 0 Å².